The Labute approximate surface area is 133 Å². The molecule has 0 unspecified atom stereocenters. The van der Waals surface area contributed by atoms with Crippen LogP contribution in [0.25, 0.3) is 11.1 Å². The van der Waals surface area contributed by atoms with Gasteiger partial charge in [0.05, 0.1) is 0 Å². The standard InChI is InChI=1S/C18H14ClNO2/c1-12-11-16(13-7-9-14(19)10-8-13)18(20-17(12)21)22-15-5-3-2-4-6-15/h2-11H,1H3,(H,20,21). The molecule has 1 N–H and O–H groups in total. The van der Waals surface area contributed by atoms with Crippen molar-refractivity contribution in [3.63, 3.8) is 0 Å². The van der Waals surface area contributed by atoms with Gasteiger partial charge in [-0.15, -0.1) is 0 Å². The number of ether oxygens (including phenoxy) is 1. The number of H-pyrrole nitrogens is 1. The van der Waals surface area contributed by atoms with Crippen LogP contribution >= 0.6 is 11.6 Å². The number of benzene rings is 2. The monoisotopic (exact) mass is 311 g/mol. The summed E-state index contributed by atoms with van der Waals surface area (Å²) in [5.41, 5.74) is 2.21. The van der Waals surface area contributed by atoms with Gasteiger partial charge in [-0.1, -0.05) is 41.9 Å². The third-order valence-electron chi connectivity index (χ3n) is 3.31. The van der Waals surface area contributed by atoms with Gasteiger partial charge in [-0.2, -0.15) is 0 Å². The maximum absolute atomic E-state index is 11.9. The van der Waals surface area contributed by atoms with Gasteiger partial charge in [0.15, 0.2) is 0 Å². The van der Waals surface area contributed by atoms with E-state index in [2.05, 4.69) is 4.98 Å². The van der Waals surface area contributed by atoms with Crippen LogP contribution in [0.3, 0.4) is 0 Å². The average molecular weight is 312 g/mol. The Hall–Kier alpha value is -2.52. The lowest BCUT2D eigenvalue weighted by atomic mass is 10.1. The number of para-hydroxylation sites is 1. The summed E-state index contributed by atoms with van der Waals surface area (Å²) in [5.74, 6) is 1.08. The molecular formula is C18H14ClNO2. The third kappa shape index (κ3) is 3.05. The van der Waals surface area contributed by atoms with E-state index in [1.54, 1.807) is 6.92 Å². The predicted molar refractivity (Wildman–Crippen MR) is 88.8 cm³/mol. The van der Waals surface area contributed by atoms with E-state index in [0.29, 0.717) is 22.2 Å². The van der Waals surface area contributed by atoms with Gasteiger partial charge in [0.1, 0.15) is 5.75 Å². The van der Waals surface area contributed by atoms with Crippen LogP contribution in [0, 0.1) is 6.92 Å². The maximum Gasteiger partial charge on any atom is 0.253 e. The molecule has 0 spiro atoms. The third-order valence-corrected chi connectivity index (χ3v) is 3.56. The number of nitrogens with one attached hydrogen (secondary N) is 1. The van der Waals surface area contributed by atoms with Gasteiger partial charge in [0, 0.05) is 16.1 Å². The second kappa shape index (κ2) is 6.08. The number of aryl methyl sites for hydroxylation is 1. The Morgan fingerprint density at radius 1 is 1.00 bits per heavy atom. The molecule has 0 amide bonds. The summed E-state index contributed by atoms with van der Waals surface area (Å²) >= 11 is 5.94. The number of pyridine rings is 1. The van der Waals surface area contributed by atoms with Crippen molar-refractivity contribution in [2.45, 2.75) is 6.92 Å². The first-order valence-corrected chi connectivity index (χ1v) is 7.24. The SMILES string of the molecule is Cc1cc(-c2ccc(Cl)cc2)c(Oc2ccccc2)[nH]c1=O. The average Bonchev–Trinajstić information content (AvgIpc) is 2.53. The largest absolute Gasteiger partial charge is 0.440 e. The van der Waals surface area contributed by atoms with Crippen LogP contribution in [0.1, 0.15) is 5.56 Å². The molecule has 2 aromatic carbocycles. The molecule has 0 aliphatic carbocycles. The van der Waals surface area contributed by atoms with Crippen LogP contribution in [0.4, 0.5) is 0 Å². The summed E-state index contributed by atoms with van der Waals surface area (Å²) in [6, 6.07) is 18.6. The number of aromatic nitrogens is 1. The van der Waals surface area contributed by atoms with Crippen molar-refractivity contribution >= 4 is 11.6 Å². The Morgan fingerprint density at radius 2 is 1.68 bits per heavy atom. The topological polar surface area (TPSA) is 42.1 Å². The number of rotatable bonds is 3. The van der Waals surface area contributed by atoms with Crippen molar-refractivity contribution in [1.82, 2.24) is 4.98 Å². The molecule has 3 rings (SSSR count). The number of hydrogen-bond acceptors (Lipinski definition) is 2. The van der Waals surface area contributed by atoms with Gasteiger partial charge >= 0.3 is 0 Å². The van der Waals surface area contributed by atoms with Gasteiger partial charge in [-0.05, 0) is 42.8 Å². The molecule has 1 heterocycles. The summed E-state index contributed by atoms with van der Waals surface area (Å²) in [7, 11) is 0. The van der Waals surface area contributed by atoms with Gasteiger partial charge in [-0.3, -0.25) is 9.78 Å². The second-order valence-electron chi connectivity index (χ2n) is 4.95. The van der Waals surface area contributed by atoms with Crippen molar-refractivity contribution < 1.29 is 4.74 Å². The minimum Gasteiger partial charge on any atom is -0.440 e. The lowest BCUT2D eigenvalue weighted by Gasteiger charge is -2.12. The number of hydrogen-bond donors (Lipinski definition) is 1. The van der Waals surface area contributed by atoms with E-state index < -0.39 is 0 Å². The Kier molecular flexibility index (Phi) is 3.98. The molecule has 0 saturated carbocycles. The summed E-state index contributed by atoms with van der Waals surface area (Å²) < 4.78 is 5.84. The van der Waals surface area contributed by atoms with Crippen LogP contribution in [-0.4, -0.2) is 4.98 Å². The molecule has 1 aromatic heterocycles. The van der Waals surface area contributed by atoms with Gasteiger partial charge in [-0.25, -0.2) is 0 Å². The lowest BCUT2D eigenvalue weighted by Crippen LogP contribution is -2.10. The van der Waals surface area contributed by atoms with E-state index in [4.69, 9.17) is 16.3 Å². The van der Waals surface area contributed by atoms with Gasteiger partial charge in [0.2, 0.25) is 5.88 Å². The quantitative estimate of drug-likeness (QED) is 0.755. The van der Waals surface area contributed by atoms with E-state index in [-0.39, 0.29) is 5.56 Å². The fourth-order valence-corrected chi connectivity index (χ4v) is 2.27. The highest BCUT2D eigenvalue weighted by Crippen LogP contribution is 2.31. The minimum atomic E-state index is -0.163. The molecular weight excluding hydrogens is 298 g/mol. The highest BCUT2D eigenvalue weighted by Gasteiger charge is 2.11. The molecule has 0 aliphatic rings. The molecule has 0 atom stereocenters. The van der Waals surface area contributed by atoms with Crippen LogP contribution in [0.2, 0.25) is 5.02 Å². The van der Waals surface area contributed by atoms with Crippen LogP contribution in [0.5, 0.6) is 11.6 Å². The zero-order valence-corrected chi connectivity index (χ0v) is 12.7. The first-order chi connectivity index (χ1) is 10.6. The minimum absolute atomic E-state index is 0.163. The molecule has 3 aromatic rings. The lowest BCUT2D eigenvalue weighted by molar-refractivity contribution is 0.463. The highest BCUT2D eigenvalue weighted by molar-refractivity contribution is 6.30. The normalized spacial score (nSPS) is 10.5. The molecule has 0 saturated heterocycles. The second-order valence-corrected chi connectivity index (χ2v) is 5.38. The molecule has 4 heteroatoms. The van der Waals surface area contributed by atoms with Crippen LogP contribution < -0.4 is 10.3 Å². The molecule has 110 valence electrons. The van der Waals surface area contributed by atoms with E-state index in [1.807, 2.05) is 60.7 Å². The Bertz CT molecular complexity index is 839. The molecule has 3 nitrogen and oxygen atoms in total. The van der Waals surface area contributed by atoms with Crippen molar-refractivity contribution in [3.8, 4) is 22.8 Å². The molecule has 0 radical (unpaired) electrons. The van der Waals surface area contributed by atoms with Crippen molar-refractivity contribution in [1.29, 1.82) is 0 Å². The smallest absolute Gasteiger partial charge is 0.253 e. The summed E-state index contributed by atoms with van der Waals surface area (Å²) in [6.07, 6.45) is 0. The maximum atomic E-state index is 11.9. The van der Waals surface area contributed by atoms with Gasteiger partial charge < -0.3 is 4.74 Å². The first kappa shape index (κ1) is 14.4. The fraction of sp³-hybridized carbons (Fsp3) is 0.0556. The number of halogens is 1. The summed E-state index contributed by atoms with van der Waals surface area (Å²) in [6.45, 7) is 1.77. The van der Waals surface area contributed by atoms with Crippen molar-refractivity contribution in [3.05, 3.63) is 81.6 Å². The predicted octanol–water partition coefficient (Wildman–Crippen LogP) is 4.80. The van der Waals surface area contributed by atoms with E-state index in [1.165, 1.54) is 0 Å². The van der Waals surface area contributed by atoms with E-state index >= 15 is 0 Å². The zero-order valence-electron chi connectivity index (χ0n) is 12.0. The summed E-state index contributed by atoms with van der Waals surface area (Å²) in [5, 5.41) is 0.662. The molecule has 0 aliphatic heterocycles. The highest BCUT2D eigenvalue weighted by atomic mass is 35.5. The fourth-order valence-electron chi connectivity index (χ4n) is 2.15. The Balaban J connectivity index is 2.10. The Morgan fingerprint density at radius 3 is 2.36 bits per heavy atom. The van der Waals surface area contributed by atoms with Crippen molar-refractivity contribution in [2.24, 2.45) is 0 Å². The van der Waals surface area contributed by atoms with Crippen LogP contribution in [-0.2, 0) is 0 Å². The van der Waals surface area contributed by atoms with Gasteiger partial charge in [0.25, 0.3) is 5.56 Å². The van der Waals surface area contributed by atoms with E-state index in [9.17, 15) is 4.79 Å². The van der Waals surface area contributed by atoms with E-state index in [0.717, 1.165) is 11.1 Å². The molecule has 22 heavy (non-hydrogen) atoms. The van der Waals surface area contributed by atoms with Crippen molar-refractivity contribution in [2.75, 3.05) is 0 Å². The van der Waals surface area contributed by atoms with Crippen LogP contribution in [0.15, 0.2) is 65.5 Å². The molecule has 0 fully saturated rings. The number of aromatic amines is 1. The summed E-state index contributed by atoms with van der Waals surface area (Å²) in [4.78, 5) is 14.7. The molecule has 0 bridgehead atoms. The first-order valence-electron chi connectivity index (χ1n) is 6.86. The zero-order chi connectivity index (χ0) is 15.5.